The molecule has 1 saturated carbocycles. The molecule has 2 saturated heterocycles. The third kappa shape index (κ3) is 9.32. The Hall–Kier alpha value is -6.97. The van der Waals surface area contributed by atoms with Gasteiger partial charge < -0.3 is 19.5 Å². The van der Waals surface area contributed by atoms with Gasteiger partial charge in [0, 0.05) is 109 Å². The molecule has 0 radical (unpaired) electrons. The highest BCUT2D eigenvalue weighted by Gasteiger charge is 2.40. The predicted molar refractivity (Wildman–Crippen MR) is 255 cm³/mol. The number of piperidine rings is 1. The van der Waals surface area contributed by atoms with E-state index in [-0.39, 0.29) is 30.6 Å². The number of aromatic nitrogens is 6. The zero-order valence-corrected chi connectivity index (χ0v) is 38.0. The van der Waals surface area contributed by atoms with Crippen molar-refractivity contribution < 1.29 is 23.5 Å². The Morgan fingerprint density at radius 1 is 0.735 bits per heavy atom. The SMILES string of the molecule is O=C1CC[C@@H](N2Cc3c(OCc4ccc(CN5CCN(CC6CCCC(n7cc(-c8cnc9[nH]cc(-c%10cnn(Cc%11cccc(F)c%11)c%10)c9c8)cn7)CC6)CC5)cc4)cccc3C2=O)C(=O)N1. The van der Waals surface area contributed by atoms with E-state index in [4.69, 9.17) is 14.8 Å². The lowest BCUT2D eigenvalue weighted by molar-refractivity contribution is -0.136. The van der Waals surface area contributed by atoms with Crippen LogP contribution in [0.15, 0.2) is 110 Å². The minimum absolute atomic E-state index is 0.203. The highest BCUT2D eigenvalue weighted by molar-refractivity contribution is 6.05. The van der Waals surface area contributed by atoms with Gasteiger partial charge in [-0.2, -0.15) is 10.2 Å². The van der Waals surface area contributed by atoms with Crippen molar-refractivity contribution in [2.45, 2.75) is 83.3 Å². The van der Waals surface area contributed by atoms with Crippen LogP contribution < -0.4 is 10.1 Å². The van der Waals surface area contributed by atoms with Crippen molar-refractivity contribution in [3.8, 4) is 28.0 Å². The standard InChI is InChI=1S/C53H55FN10O4/c54-42-6-1-5-38(22-42)30-62-31-41(26-57-62)46-27-56-51-45(46)23-39(24-55-51)40-25-58-64(32-40)43-7-2-4-35(14-15-43)28-60-18-20-61(21-19-60)29-36-10-12-37(13-11-36)34-68-49-9-3-8-44-47(49)33-63(53(44)67)48-16-17-50(65)59-52(48)66/h1,3,5-6,8-13,22-27,31-32,35,43,48H,2,4,7,14-21,28-30,33-34H2,(H,55,56)(H,59,65,66)/t35?,43?,48-/m1/s1. The highest BCUT2D eigenvalue weighted by Crippen LogP contribution is 2.36. The number of ether oxygens (including phenoxy) is 1. The summed E-state index contributed by atoms with van der Waals surface area (Å²) in [5.74, 6) is 0.164. The third-order valence-electron chi connectivity index (χ3n) is 14.4. The number of hydrogen-bond acceptors (Lipinski definition) is 9. The van der Waals surface area contributed by atoms with Crippen LogP contribution in [-0.2, 0) is 35.8 Å². The molecule has 68 heavy (non-hydrogen) atoms. The van der Waals surface area contributed by atoms with Crippen molar-refractivity contribution in [2.75, 3.05) is 32.7 Å². The van der Waals surface area contributed by atoms with Crippen LogP contribution in [0.5, 0.6) is 5.75 Å². The fourth-order valence-corrected chi connectivity index (χ4v) is 10.7. The van der Waals surface area contributed by atoms with Gasteiger partial charge in [-0.05, 0) is 85.0 Å². The molecule has 11 rings (SSSR count). The molecule has 2 N–H and O–H groups in total. The fourth-order valence-electron chi connectivity index (χ4n) is 10.7. The molecule has 3 fully saturated rings. The molecule has 14 nitrogen and oxygen atoms in total. The van der Waals surface area contributed by atoms with Crippen LogP contribution in [0.4, 0.5) is 4.39 Å². The molecule has 3 atom stereocenters. The van der Waals surface area contributed by atoms with Gasteiger partial charge in [0.05, 0.1) is 31.5 Å². The number of nitrogens with zero attached hydrogens (tertiary/aromatic N) is 8. The maximum atomic E-state index is 13.8. The van der Waals surface area contributed by atoms with E-state index in [0.29, 0.717) is 42.8 Å². The first-order valence-electron chi connectivity index (χ1n) is 24.0. The lowest BCUT2D eigenvalue weighted by atomic mass is 9.99. The van der Waals surface area contributed by atoms with Crippen molar-refractivity contribution in [1.29, 1.82) is 0 Å². The Kier molecular flexibility index (Phi) is 12.2. The Morgan fingerprint density at radius 2 is 1.56 bits per heavy atom. The van der Waals surface area contributed by atoms with E-state index in [2.05, 4.69) is 66.4 Å². The van der Waals surface area contributed by atoms with Gasteiger partial charge >= 0.3 is 0 Å². The molecule has 4 aromatic heterocycles. The van der Waals surface area contributed by atoms with Gasteiger partial charge in [0.1, 0.15) is 29.9 Å². The average molecular weight is 915 g/mol. The number of carbonyl (C=O) groups is 3. The number of nitrogens with one attached hydrogen (secondary N) is 2. The number of piperazine rings is 1. The second kappa shape index (κ2) is 19.0. The Bertz CT molecular complexity index is 2970. The van der Waals surface area contributed by atoms with Crippen molar-refractivity contribution in [3.63, 3.8) is 0 Å². The van der Waals surface area contributed by atoms with E-state index in [9.17, 15) is 18.8 Å². The molecule has 2 unspecified atom stereocenters. The lowest BCUT2D eigenvalue weighted by Gasteiger charge is -2.36. The van der Waals surface area contributed by atoms with Gasteiger partial charge in [0.15, 0.2) is 0 Å². The lowest BCUT2D eigenvalue weighted by Crippen LogP contribution is -2.52. The molecule has 4 aliphatic rings. The molecular weight excluding hydrogens is 860 g/mol. The van der Waals surface area contributed by atoms with Crippen LogP contribution in [-0.4, -0.2) is 101 Å². The van der Waals surface area contributed by atoms with Crippen LogP contribution in [0.2, 0.25) is 0 Å². The van der Waals surface area contributed by atoms with E-state index < -0.39 is 11.9 Å². The number of pyridine rings is 1. The van der Waals surface area contributed by atoms with Crippen LogP contribution in [0.3, 0.4) is 0 Å². The van der Waals surface area contributed by atoms with Gasteiger partial charge in [-0.15, -0.1) is 0 Å². The third-order valence-corrected chi connectivity index (χ3v) is 14.4. The topological polar surface area (TPSA) is 147 Å². The molecule has 7 heterocycles. The quantitative estimate of drug-likeness (QED) is 0.0876. The van der Waals surface area contributed by atoms with Crippen LogP contribution >= 0.6 is 0 Å². The minimum atomic E-state index is -0.655. The van der Waals surface area contributed by atoms with Crippen molar-refractivity contribution >= 4 is 28.8 Å². The number of imide groups is 1. The first-order chi connectivity index (χ1) is 33.3. The second-order valence-corrected chi connectivity index (χ2v) is 19.0. The number of halogens is 1. The highest BCUT2D eigenvalue weighted by atomic mass is 19.1. The smallest absolute Gasteiger partial charge is 0.255 e. The number of fused-ring (bicyclic) bond motifs is 2. The normalized spacial score (nSPS) is 20.5. The van der Waals surface area contributed by atoms with E-state index in [1.54, 1.807) is 17.0 Å². The molecule has 7 aromatic rings. The molecule has 3 aromatic carbocycles. The zero-order chi connectivity index (χ0) is 46.1. The van der Waals surface area contributed by atoms with E-state index in [0.717, 1.165) is 102 Å². The van der Waals surface area contributed by atoms with Crippen LogP contribution in [0.25, 0.3) is 33.3 Å². The van der Waals surface area contributed by atoms with Crippen molar-refractivity contribution in [2.24, 2.45) is 5.92 Å². The Labute approximate surface area is 394 Å². The van der Waals surface area contributed by atoms with Gasteiger partial charge in [0.25, 0.3) is 5.91 Å². The summed E-state index contributed by atoms with van der Waals surface area (Å²) in [6.45, 7) is 7.48. The first-order valence-corrected chi connectivity index (χ1v) is 24.0. The summed E-state index contributed by atoms with van der Waals surface area (Å²) in [6.07, 6.45) is 18.4. The average Bonchev–Trinajstić information content (AvgIpc) is 4.15. The molecule has 0 spiro atoms. The molecule has 3 aliphatic heterocycles. The van der Waals surface area contributed by atoms with Crippen molar-refractivity contribution in [1.82, 2.24) is 49.5 Å². The van der Waals surface area contributed by atoms with Gasteiger partial charge in [-0.25, -0.2) is 9.37 Å². The molecule has 3 amide bonds. The summed E-state index contributed by atoms with van der Waals surface area (Å²) < 4.78 is 24.0. The predicted octanol–water partition coefficient (Wildman–Crippen LogP) is 7.76. The minimum Gasteiger partial charge on any atom is -0.489 e. The summed E-state index contributed by atoms with van der Waals surface area (Å²) in [5, 5.41) is 12.8. The van der Waals surface area contributed by atoms with Crippen molar-refractivity contribution in [3.05, 3.63) is 144 Å². The zero-order valence-electron chi connectivity index (χ0n) is 38.0. The first kappa shape index (κ1) is 43.6. The summed E-state index contributed by atoms with van der Waals surface area (Å²) in [7, 11) is 0. The maximum absolute atomic E-state index is 13.8. The number of aromatic amines is 1. The van der Waals surface area contributed by atoms with E-state index in [1.165, 1.54) is 37.0 Å². The number of amides is 3. The van der Waals surface area contributed by atoms with Crippen LogP contribution in [0.1, 0.15) is 83.6 Å². The van der Waals surface area contributed by atoms with Gasteiger partial charge in [0.2, 0.25) is 11.8 Å². The summed E-state index contributed by atoms with van der Waals surface area (Å²) in [5.41, 5.74) is 9.42. The number of hydrogen-bond donors (Lipinski definition) is 2. The Morgan fingerprint density at radius 3 is 2.41 bits per heavy atom. The van der Waals surface area contributed by atoms with Gasteiger partial charge in [-0.1, -0.05) is 48.9 Å². The largest absolute Gasteiger partial charge is 0.489 e. The molecule has 15 heteroatoms. The monoisotopic (exact) mass is 914 g/mol. The fraction of sp³-hybridized carbons (Fsp3) is 0.358. The summed E-state index contributed by atoms with van der Waals surface area (Å²) in [6, 6.07) is 22.6. The number of rotatable bonds is 13. The Balaban J connectivity index is 0.633. The number of benzene rings is 3. The van der Waals surface area contributed by atoms with Gasteiger partial charge in [-0.3, -0.25) is 34.0 Å². The molecule has 0 bridgehead atoms. The number of carbonyl (C=O) groups excluding carboxylic acids is 3. The summed E-state index contributed by atoms with van der Waals surface area (Å²) >= 11 is 0. The maximum Gasteiger partial charge on any atom is 0.255 e. The molecule has 1 aliphatic carbocycles. The summed E-state index contributed by atoms with van der Waals surface area (Å²) in [4.78, 5) is 52.3. The van der Waals surface area contributed by atoms with Crippen LogP contribution in [0, 0.1) is 11.7 Å². The van der Waals surface area contributed by atoms with E-state index >= 15 is 0 Å². The molecule has 348 valence electrons. The second-order valence-electron chi connectivity index (χ2n) is 19.0. The van der Waals surface area contributed by atoms with E-state index in [1.807, 2.05) is 53.9 Å². The number of H-pyrrole nitrogens is 1. The molecular formula is C53H55FN10O4.